The second-order valence-corrected chi connectivity index (χ2v) is 5.06. The van der Waals surface area contributed by atoms with Crippen LogP contribution in [0.15, 0.2) is 36.7 Å². The Balaban J connectivity index is 2.03. The number of anilines is 1. The predicted octanol–water partition coefficient (Wildman–Crippen LogP) is 2.43. The van der Waals surface area contributed by atoms with Gasteiger partial charge in [-0.2, -0.15) is 0 Å². The van der Waals surface area contributed by atoms with Gasteiger partial charge in [-0.25, -0.2) is 0 Å². The summed E-state index contributed by atoms with van der Waals surface area (Å²) >= 11 is 0. The van der Waals surface area contributed by atoms with E-state index >= 15 is 0 Å². The van der Waals surface area contributed by atoms with Crippen molar-refractivity contribution in [2.24, 2.45) is 0 Å². The molecule has 0 spiro atoms. The van der Waals surface area contributed by atoms with Gasteiger partial charge >= 0.3 is 0 Å². The van der Waals surface area contributed by atoms with Crippen LogP contribution in [0.25, 0.3) is 0 Å². The third-order valence-corrected chi connectivity index (χ3v) is 3.44. The second-order valence-electron chi connectivity index (χ2n) is 5.06. The lowest BCUT2D eigenvalue weighted by Gasteiger charge is -2.13. The standard InChI is InChI=1S/C16H20N2O/c1-11-3-4-13(7-12(11)2)8-15(19)9-14-10-18-6-5-16(14)17/h3-7,10,15,19H,8-9H2,1-2H3,(H2,17,18). The number of hydrogen-bond donors (Lipinski definition) is 2. The predicted molar refractivity (Wildman–Crippen MR) is 78.0 cm³/mol. The van der Waals surface area contributed by atoms with E-state index in [1.807, 2.05) is 0 Å². The van der Waals surface area contributed by atoms with Crippen LogP contribution >= 0.6 is 0 Å². The molecule has 3 heteroatoms. The first kappa shape index (κ1) is 13.6. The fraction of sp³-hybridized carbons (Fsp3) is 0.312. The molecule has 3 N–H and O–H groups in total. The highest BCUT2D eigenvalue weighted by molar-refractivity contribution is 5.44. The van der Waals surface area contributed by atoms with Crippen molar-refractivity contribution in [3.05, 3.63) is 58.9 Å². The number of nitrogens with two attached hydrogens (primary N) is 1. The lowest BCUT2D eigenvalue weighted by atomic mass is 9.99. The Hall–Kier alpha value is -1.87. The molecule has 2 aromatic rings. The van der Waals surface area contributed by atoms with Crippen LogP contribution in [0.1, 0.15) is 22.3 Å². The van der Waals surface area contributed by atoms with Crippen molar-refractivity contribution in [1.82, 2.24) is 4.98 Å². The van der Waals surface area contributed by atoms with E-state index in [4.69, 9.17) is 5.73 Å². The van der Waals surface area contributed by atoms with E-state index in [9.17, 15) is 5.11 Å². The molecule has 0 aliphatic rings. The molecule has 1 atom stereocenters. The molecular weight excluding hydrogens is 236 g/mol. The minimum Gasteiger partial charge on any atom is -0.398 e. The Labute approximate surface area is 114 Å². The van der Waals surface area contributed by atoms with Gasteiger partial charge in [0.25, 0.3) is 0 Å². The van der Waals surface area contributed by atoms with Gasteiger partial charge in [-0.05, 0) is 48.6 Å². The number of rotatable bonds is 4. The third kappa shape index (κ3) is 3.55. The third-order valence-electron chi connectivity index (χ3n) is 3.44. The van der Waals surface area contributed by atoms with Crippen molar-refractivity contribution in [2.45, 2.75) is 32.8 Å². The largest absolute Gasteiger partial charge is 0.398 e. The van der Waals surface area contributed by atoms with E-state index in [1.165, 1.54) is 11.1 Å². The topological polar surface area (TPSA) is 59.1 Å². The summed E-state index contributed by atoms with van der Waals surface area (Å²) in [6.45, 7) is 4.18. The second kappa shape index (κ2) is 5.85. The highest BCUT2D eigenvalue weighted by Gasteiger charge is 2.09. The number of hydrogen-bond acceptors (Lipinski definition) is 3. The summed E-state index contributed by atoms with van der Waals surface area (Å²) in [5.74, 6) is 0. The molecule has 0 aliphatic carbocycles. The van der Waals surface area contributed by atoms with Gasteiger partial charge < -0.3 is 10.8 Å². The van der Waals surface area contributed by atoms with Crippen LogP contribution in [-0.2, 0) is 12.8 Å². The van der Waals surface area contributed by atoms with Crippen molar-refractivity contribution in [1.29, 1.82) is 0 Å². The average Bonchev–Trinajstić information content (AvgIpc) is 2.37. The van der Waals surface area contributed by atoms with Crippen LogP contribution in [0, 0.1) is 13.8 Å². The van der Waals surface area contributed by atoms with Crippen LogP contribution in [0.2, 0.25) is 0 Å². The van der Waals surface area contributed by atoms with Gasteiger partial charge in [0.2, 0.25) is 0 Å². The number of aryl methyl sites for hydroxylation is 2. The first-order valence-electron chi connectivity index (χ1n) is 6.49. The fourth-order valence-electron chi connectivity index (χ4n) is 2.14. The quantitative estimate of drug-likeness (QED) is 0.883. The van der Waals surface area contributed by atoms with Gasteiger partial charge in [-0.1, -0.05) is 18.2 Å². The SMILES string of the molecule is Cc1ccc(CC(O)Cc2cnccc2N)cc1C. The van der Waals surface area contributed by atoms with Gasteiger partial charge in [0.15, 0.2) is 0 Å². The molecule has 0 bridgehead atoms. The average molecular weight is 256 g/mol. The summed E-state index contributed by atoms with van der Waals surface area (Å²) < 4.78 is 0. The summed E-state index contributed by atoms with van der Waals surface area (Å²) in [6.07, 6.45) is 4.11. The minimum absolute atomic E-state index is 0.436. The Bertz CT molecular complexity index is 566. The molecule has 1 unspecified atom stereocenters. The number of nitrogens with zero attached hydrogens (tertiary/aromatic N) is 1. The summed E-state index contributed by atoms with van der Waals surface area (Å²) in [7, 11) is 0. The van der Waals surface area contributed by atoms with E-state index in [-0.39, 0.29) is 0 Å². The zero-order valence-corrected chi connectivity index (χ0v) is 11.4. The first-order chi connectivity index (χ1) is 9.06. The van der Waals surface area contributed by atoms with Crippen molar-refractivity contribution < 1.29 is 5.11 Å². The zero-order valence-electron chi connectivity index (χ0n) is 11.4. The molecule has 0 saturated heterocycles. The molecule has 0 aliphatic heterocycles. The van der Waals surface area contributed by atoms with E-state index in [1.54, 1.807) is 18.5 Å². The van der Waals surface area contributed by atoms with Crippen molar-refractivity contribution in [2.75, 3.05) is 5.73 Å². The van der Waals surface area contributed by atoms with Gasteiger partial charge in [0.1, 0.15) is 0 Å². The molecule has 1 aromatic heterocycles. The Kier molecular flexibility index (Phi) is 4.17. The van der Waals surface area contributed by atoms with E-state index in [2.05, 4.69) is 37.0 Å². The molecule has 1 heterocycles. The number of nitrogen functional groups attached to an aromatic ring is 1. The van der Waals surface area contributed by atoms with Crippen LogP contribution in [-0.4, -0.2) is 16.2 Å². The lowest BCUT2D eigenvalue weighted by molar-refractivity contribution is 0.175. The Morgan fingerprint density at radius 1 is 1.16 bits per heavy atom. The normalized spacial score (nSPS) is 12.4. The van der Waals surface area contributed by atoms with E-state index < -0.39 is 6.10 Å². The Morgan fingerprint density at radius 3 is 2.63 bits per heavy atom. The number of aliphatic hydroxyl groups is 1. The maximum absolute atomic E-state index is 10.2. The zero-order chi connectivity index (χ0) is 13.8. The van der Waals surface area contributed by atoms with Crippen molar-refractivity contribution in [3.8, 4) is 0 Å². The van der Waals surface area contributed by atoms with Gasteiger partial charge in [0, 0.05) is 24.5 Å². The maximum atomic E-state index is 10.2. The monoisotopic (exact) mass is 256 g/mol. The molecule has 0 saturated carbocycles. The molecule has 0 amide bonds. The molecule has 0 radical (unpaired) electrons. The number of pyridine rings is 1. The number of aliphatic hydroxyl groups excluding tert-OH is 1. The van der Waals surface area contributed by atoms with Gasteiger partial charge in [0.05, 0.1) is 6.10 Å². The van der Waals surface area contributed by atoms with E-state index in [0.717, 1.165) is 11.1 Å². The molecule has 3 nitrogen and oxygen atoms in total. The van der Waals surface area contributed by atoms with Crippen LogP contribution < -0.4 is 5.73 Å². The molecule has 1 aromatic carbocycles. The number of aromatic nitrogens is 1. The van der Waals surface area contributed by atoms with Gasteiger partial charge in [-0.3, -0.25) is 4.98 Å². The van der Waals surface area contributed by atoms with Crippen molar-refractivity contribution >= 4 is 5.69 Å². The smallest absolute Gasteiger partial charge is 0.0622 e. The van der Waals surface area contributed by atoms with Crippen molar-refractivity contribution in [3.63, 3.8) is 0 Å². The minimum atomic E-state index is -0.436. The fourth-order valence-corrected chi connectivity index (χ4v) is 2.14. The molecule has 19 heavy (non-hydrogen) atoms. The summed E-state index contributed by atoms with van der Waals surface area (Å²) in [6, 6.07) is 8.05. The lowest BCUT2D eigenvalue weighted by Crippen LogP contribution is -2.15. The maximum Gasteiger partial charge on any atom is 0.0622 e. The van der Waals surface area contributed by atoms with E-state index in [0.29, 0.717) is 18.5 Å². The van der Waals surface area contributed by atoms with Gasteiger partial charge in [-0.15, -0.1) is 0 Å². The molecule has 2 rings (SSSR count). The molecule has 100 valence electrons. The van der Waals surface area contributed by atoms with Crippen LogP contribution in [0.4, 0.5) is 5.69 Å². The highest BCUT2D eigenvalue weighted by atomic mass is 16.3. The Morgan fingerprint density at radius 2 is 1.95 bits per heavy atom. The van der Waals surface area contributed by atoms with Crippen LogP contribution in [0.5, 0.6) is 0 Å². The summed E-state index contributed by atoms with van der Waals surface area (Å²) in [5.41, 5.74) is 11.1. The van der Waals surface area contributed by atoms with Crippen LogP contribution in [0.3, 0.4) is 0 Å². The molecule has 0 fully saturated rings. The highest BCUT2D eigenvalue weighted by Crippen LogP contribution is 2.16. The summed E-state index contributed by atoms with van der Waals surface area (Å²) in [5, 5.41) is 10.2. The first-order valence-corrected chi connectivity index (χ1v) is 6.49. The molecular formula is C16H20N2O. The summed E-state index contributed by atoms with van der Waals surface area (Å²) in [4.78, 5) is 4.04. The number of benzene rings is 1.